The van der Waals surface area contributed by atoms with Crippen molar-refractivity contribution in [3.8, 4) is 0 Å². The van der Waals surface area contributed by atoms with Gasteiger partial charge in [0, 0.05) is 0 Å². The fourth-order valence-corrected chi connectivity index (χ4v) is 1.11. The zero-order valence-corrected chi connectivity index (χ0v) is 5.90. The maximum atomic E-state index is 9.01. The summed E-state index contributed by atoms with van der Waals surface area (Å²) in [5.74, 6) is 0.0648. The van der Waals surface area contributed by atoms with Crippen molar-refractivity contribution in [2.45, 2.75) is 24.6 Å². The molecule has 3 N–H and O–H groups in total. The molecule has 0 aromatic carbocycles. The van der Waals surface area contributed by atoms with Gasteiger partial charge in [0.15, 0.2) is 6.29 Å². The molecule has 4 nitrogen and oxygen atoms in total. The summed E-state index contributed by atoms with van der Waals surface area (Å²) in [6.45, 7) is 0. The number of aliphatic hydroxyl groups excluding tert-OH is 3. The Morgan fingerprint density at radius 2 is 1.80 bits per heavy atom. The molecule has 0 bridgehead atoms. The van der Waals surface area contributed by atoms with Crippen molar-refractivity contribution in [3.05, 3.63) is 0 Å². The maximum absolute atomic E-state index is 9.01. The van der Waals surface area contributed by atoms with Gasteiger partial charge in [-0.05, 0) is 0 Å². The van der Waals surface area contributed by atoms with Crippen LogP contribution in [0.15, 0.2) is 0 Å². The summed E-state index contributed by atoms with van der Waals surface area (Å²) in [7, 11) is 0. The summed E-state index contributed by atoms with van der Waals surface area (Å²) < 4.78 is 4.66. The van der Waals surface area contributed by atoms with Crippen molar-refractivity contribution >= 4 is 11.6 Å². The van der Waals surface area contributed by atoms with Gasteiger partial charge in [-0.1, -0.05) is 0 Å². The third-order valence-electron chi connectivity index (χ3n) is 1.49. The maximum Gasteiger partial charge on any atom is 0.184 e. The van der Waals surface area contributed by atoms with Crippen LogP contribution in [0.4, 0.5) is 0 Å². The molecule has 1 aliphatic rings. The largest absolute Gasteiger partial charge is 0.387 e. The van der Waals surface area contributed by atoms with Crippen molar-refractivity contribution < 1.29 is 20.1 Å². The van der Waals surface area contributed by atoms with Crippen LogP contribution in [0.2, 0.25) is 0 Å². The molecule has 60 valence electrons. The highest BCUT2D eigenvalue weighted by Crippen LogP contribution is 2.19. The highest BCUT2D eigenvalue weighted by molar-refractivity contribution is 6.18. The van der Waals surface area contributed by atoms with Crippen molar-refractivity contribution in [1.29, 1.82) is 0 Å². The minimum atomic E-state index is -1.31. The van der Waals surface area contributed by atoms with E-state index in [4.69, 9.17) is 26.9 Å². The Hall–Kier alpha value is 0.130. The van der Waals surface area contributed by atoms with E-state index in [0.717, 1.165) is 0 Å². The van der Waals surface area contributed by atoms with Gasteiger partial charge in [-0.25, -0.2) is 0 Å². The molecule has 1 saturated heterocycles. The van der Waals surface area contributed by atoms with Gasteiger partial charge in [-0.15, -0.1) is 11.6 Å². The fourth-order valence-electron chi connectivity index (χ4n) is 0.856. The van der Waals surface area contributed by atoms with Crippen LogP contribution < -0.4 is 0 Å². The standard InChI is InChI=1S/C5H9ClO4/c6-1-2-3(7)4(8)5(9)10-2/h2-5,7-9H,1H2/t2-,3-,4+,5-/m1/s1. The molecule has 0 saturated carbocycles. The van der Waals surface area contributed by atoms with Crippen LogP contribution >= 0.6 is 11.6 Å². The van der Waals surface area contributed by atoms with E-state index in [1.165, 1.54) is 0 Å². The number of rotatable bonds is 1. The molecule has 4 atom stereocenters. The quantitative estimate of drug-likeness (QED) is 0.424. The summed E-state index contributed by atoms with van der Waals surface area (Å²) in [6, 6.07) is 0. The van der Waals surface area contributed by atoms with Gasteiger partial charge in [0.2, 0.25) is 0 Å². The zero-order chi connectivity index (χ0) is 7.72. The van der Waals surface area contributed by atoms with E-state index >= 15 is 0 Å². The number of hydrogen-bond acceptors (Lipinski definition) is 4. The number of aliphatic hydroxyl groups is 3. The lowest BCUT2D eigenvalue weighted by molar-refractivity contribution is -0.123. The predicted octanol–water partition coefficient (Wildman–Crippen LogP) is -1.34. The molecule has 5 heteroatoms. The van der Waals surface area contributed by atoms with Gasteiger partial charge in [-0.3, -0.25) is 0 Å². The van der Waals surface area contributed by atoms with Gasteiger partial charge in [0.05, 0.1) is 5.88 Å². The lowest BCUT2D eigenvalue weighted by atomic mass is 10.2. The van der Waals surface area contributed by atoms with E-state index in [2.05, 4.69) is 4.74 Å². The van der Waals surface area contributed by atoms with E-state index in [1.54, 1.807) is 0 Å². The van der Waals surface area contributed by atoms with Crippen molar-refractivity contribution in [2.24, 2.45) is 0 Å². The first kappa shape index (κ1) is 8.23. The Balaban J connectivity index is 2.53. The van der Waals surface area contributed by atoms with E-state index in [9.17, 15) is 0 Å². The second-order valence-electron chi connectivity index (χ2n) is 2.20. The van der Waals surface area contributed by atoms with Gasteiger partial charge >= 0.3 is 0 Å². The summed E-state index contributed by atoms with van der Waals surface area (Å²) in [5.41, 5.74) is 0. The number of hydrogen-bond donors (Lipinski definition) is 3. The first-order valence-electron chi connectivity index (χ1n) is 2.92. The molecule has 0 aromatic rings. The lowest BCUT2D eigenvalue weighted by Crippen LogP contribution is -2.32. The average Bonchev–Trinajstić information content (AvgIpc) is 2.17. The van der Waals surface area contributed by atoms with Crippen molar-refractivity contribution in [1.82, 2.24) is 0 Å². The van der Waals surface area contributed by atoms with Crippen molar-refractivity contribution in [2.75, 3.05) is 5.88 Å². The molecular weight excluding hydrogens is 160 g/mol. The number of halogens is 1. The van der Waals surface area contributed by atoms with Gasteiger partial charge in [-0.2, -0.15) is 0 Å². The number of alkyl halides is 1. The highest BCUT2D eigenvalue weighted by Gasteiger charge is 2.40. The van der Waals surface area contributed by atoms with E-state index in [1.807, 2.05) is 0 Å². The topological polar surface area (TPSA) is 69.9 Å². The number of ether oxygens (including phenoxy) is 1. The summed E-state index contributed by atoms with van der Waals surface area (Å²) in [4.78, 5) is 0. The Kier molecular flexibility index (Phi) is 2.49. The lowest BCUT2D eigenvalue weighted by Gasteiger charge is -2.09. The fraction of sp³-hybridized carbons (Fsp3) is 1.00. The monoisotopic (exact) mass is 168 g/mol. The molecule has 0 aromatic heterocycles. The minimum Gasteiger partial charge on any atom is -0.387 e. The molecule has 0 amide bonds. The van der Waals surface area contributed by atoms with Gasteiger partial charge < -0.3 is 20.1 Å². The van der Waals surface area contributed by atoms with Crippen LogP contribution in [-0.2, 0) is 4.74 Å². The third kappa shape index (κ3) is 1.26. The second-order valence-corrected chi connectivity index (χ2v) is 2.51. The SMILES string of the molecule is O[C@H]1[C@H](O)[C@@H](CCl)O[C@H]1O. The van der Waals surface area contributed by atoms with Crippen LogP contribution in [0, 0.1) is 0 Å². The van der Waals surface area contributed by atoms with E-state index in [-0.39, 0.29) is 5.88 Å². The van der Waals surface area contributed by atoms with Gasteiger partial charge in [0.25, 0.3) is 0 Å². The second kappa shape index (κ2) is 3.02. The van der Waals surface area contributed by atoms with Crippen LogP contribution in [0.5, 0.6) is 0 Å². The summed E-state index contributed by atoms with van der Waals surface area (Å²) >= 11 is 5.33. The molecule has 0 spiro atoms. The molecule has 0 radical (unpaired) electrons. The van der Waals surface area contributed by atoms with Crippen molar-refractivity contribution in [3.63, 3.8) is 0 Å². The van der Waals surface area contributed by atoms with Gasteiger partial charge in [0.1, 0.15) is 18.3 Å². The highest BCUT2D eigenvalue weighted by atomic mass is 35.5. The molecular formula is C5H9ClO4. The first-order valence-corrected chi connectivity index (χ1v) is 3.46. The Labute approximate surface area is 63.0 Å². The third-order valence-corrected chi connectivity index (χ3v) is 1.79. The Bertz CT molecular complexity index is 120. The van der Waals surface area contributed by atoms with Crippen LogP contribution in [0.25, 0.3) is 0 Å². The minimum absolute atomic E-state index is 0.0648. The average molecular weight is 169 g/mol. The molecule has 1 rings (SSSR count). The molecule has 1 fully saturated rings. The molecule has 10 heavy (non-hydrogen) atoms. The van der Waals surface area contributed by atoms with Crippen LogP contribution in [-0.4, -0.2) is 45.8 Å². The summed E-state index contributed by atoms with van der Waals surface area (Å²) in [5, 5.41) is 26.7. The first-order chi connectivity index (χ1) is 4.66. The molecule has 1 aliphatic heterocycles. The van der Waals surface area contributed by atoms with E-state index < -0.39 is 24.6 Å². The summed E-state index contributed by atoms with van der Waals surface area (Å²) in [6.07, 6.45) is -4.28. The predicted molar refractivity (Wildman–Crippen MR) is 33.6 cm³/mol. The molecule has 0 unspecified atom stereocenters. The van der Waals surface area contributed by atoms with Crippen LogP contribution in [0.3, 0.4) is 0 Å². The van der Waals surface area contributed by atoms with Crippen LogP contribution in [0.1, 0.15) is 0 Å². The molecule has 1 heterocycles. The zero-order valence-electron chi connectivity index (χ0n) is 5.14. The smallest absolute Gasteiger partial charge is 0.184 e. The normalized spacial score (nSPS) is 48.0. The van der Waals surface area contributed by atoms with E-state index in [0.29, 0.717) is 0 Å². The Morgan fingerprint density at radius 3 is 2.00 bits per heavy atom. The molecule has 0 aliphatic carbocycles. The Morgan fingerprint density at radius 1 is 1.20 bits per heavy atom.